The van der Waals surface area contributed by atoms with Crippen molar-refractivity contribution in [3.63, 3.8) is 0 Å². The molecule has 3 rings (SSSR count). The molecule has 0 aliphatic heterocycles. The third-order valence-electron chi connectivity index (χ3n) is 3.99. The van der Waals surface area contributed by atoms with E-state index in [0.717, 1.165) is 33.3 Å². The minimum atomic E-state index is -0.0922. The largest absolute Gasteiger partial charge is 0.348 e. The van der Waals surface area contributed by atoms with Crippen LogP contribution in [0.3, 0.4) is 0 Å². The standard InChI is InChI=1S/C20H19ClN2O/c1-12-8-13(2)19-17(9-12)18(10-14(3)23-19)20(24)22-11-15-4-6-16(21)7-5-15/h4-10H,11H2,1-3H3,(H,22,24). The normalized spacial score (nSPS) is 10.8. The van der Waals surface area contributed by atoms with Crippen LogP contribution in [-0.4, -0.2) is 10.9 Å². The predicted octanol–water partition coefficient (Wildman–Crippen LogP) is 4.74. The summed E-state index contributed by atoms with van der Waals surface area (Å²) in [6, 6.07) is 13.4. The molecule has 3 nitrogen and oxygen atoms in total. The van der Waals surface area contributed by atoms with Crippen molar-refractivity contribution in [1.29, 1.82) is 0 Å². The molecular formula is C20H19ClN2O. The number of nitrogens with zero attached hydrogens (tertiary/aromatic N) is 1. The summed E-state index contributed by atoms with van der Waals surface area (Å²) in [5, 5.41) is 4.57. The van der Waals surface area contributed by atoms with Gasteiger partial charge in [-0.05, 0) is 56.2 Å². The van der Waals surface area contributed by atoms with Gasteiger partial charge in [0, 0.05) is 22.6 Å². The minimum absolute atomic E-state index is 0.0922. The molecule has 0 aliphatic carbocycles. The SMILES string of the molecule is Cc1cc(C)c2nc(C)cc(C(=O)NCc3ccc(Cl)cc3)c2c1. The van der Waals surface area contributed by atoms with Gasteiger partial charge >= 0.3 is 0 Å². The van der Waals surface area contributed by atoms with Crippen molar-refractivity contribution in [2.75, 3.05) is 0 Å². The summed E-state index contributed by atoms with van der Waals surface area (Å²) in [6.07, 6.45) is 0. The molecule has 1 amide bonds. The summed E-state index contributed by atoms with van der Waals surface area (Å²) in [5.41, 5.74) is 5.61. The van der Waals surface area contributed by atoms with Gasteiger partial charge in [-0.25, -0.2) is 0 Å². The number of rotatable bonds is 3. The lowest BCUT2D eigenvalue weighted by atomic mass is 10.0. The Hall–Kier alpha value is -2.39. The van der Waals surface area contributed by atoms with Crippen LogP contribution in [0, 0.1) is 20.8 Å². The molecule has 1 N–H and O–H groups in total. The molecule has 1 heterocycles. The highest BCUT2D eigenvalue weighted by Gasteiger charge is 2.13. The van der Waals surface area contributed by atoms with Crippen LogP contribution >= 0.6 is 11.6 Å². The first kappa shape index (κ1) is 16.5. The highest BCUT2D eigenvalue weighted by molar-refractivity contribution is 6.30. The fourth-order valence-corrected chi connectivity index (χ4v) is 3.00. The van der Waals surface area contributed by atoms with Crippen LogP contribution in [0.2, 0.25) is 5.02 Å². The maximum absolute atomic E-state index is 12.7. The Morgan fingerprint density at radius 2 is 1.79 bits per heavy atom. The van der Waals surface area contributed by atoms with Crippen LogP contribution in [0.1, 0.15) is 32.7 Å². The molecule has 0 spiro atoms. The van der Waals surface area contributed by atoms with Gasteiger partial charge in [0.25, 0.3) is 5.91 Å². The number of benzene rings is 2. The fourth-order valence-electron chi connectivity index (χ4n) is 2.88. The lowest BCUT2D eigenvalue weighted by Gasteiger charge is -2.11. The second-order valence-corrected chi connectivity index (χ2v) is 6.53. The van der Waals surface area contributed by atoms with Crippen molar-refractivity contribution in [3.05, 3.63) is 75.4 Å². The Kier molecular flexibility index (Phi) is 4.54. The fraction of sp³-hybridized carbons (Fsp3) is 0.200. The number of halogens is 1. The number of aryl methyl sites for hydroxylation is 3. The lowest BCUT2D eigenvalue weighted by Crippen LogP contribution is -2.23. The Balaban J connectivity index is 1.93. The van der Waals surface area contributed by atoms with E-state index >= 15 is 0 Å². The summed E-state index contributed by atoms with van der Waals surface area (Å²) in [6.45, 7) is 6.43. The topological polar surface area (TPSA) is 42.0 Å². The average Bonchev–Trinajstić information content (AvgIpc) is 2.54. The molecule has 0 unspecified atom stereocenters. The van der Waals surface area contributed by atoms with Gasteiger partial charge in [-0.2, -0.15) is 0 Å². The van der Waals surface area contributed by atoms with E-state index in [1.54, 1.807) is 0 Å². The van der Waals surface area contributed by atoms with E-state index < -0.39 is 0 Å². The summed E-state index contributed by atoms with van der Waals surface area (Å²) in [5.74, 6) is -0.0922. The van der Waals surface area contributed by atoms with Gasteiger partial charge in [0.15, 0.2) is 0 Å². The van der Waals surface area contributed by atoms with E-state index in [1.165, 1.54) is 0 Å². The van der Waals surface area contributed by atoms with Gasteiger partial charge in [-0.3, -0.25) is 9.78 Å². The molecule has 0 radical (unpaired) electrons. The monoisotopic (exact) mass is 338 g/mol. The van der Waals surface area contributed by atoms with Crippen LogP contribution in [-0.2, 0) is 6.54 Å². The number of carbonyl (C=O) groups is 1. The van der Waals surface area contributed by atoms with Crippen molar-refractivity contribution >= 4 is 28.4 Å². The van der Waals surface area contributed by atoms with Crippen molar-refractivity contribution in [3.8, 4) is 0 Å². The van der Waals surface area contributed by atoms with Crippen molar-refractivity contribution < 1.29 is 4.79 Å². The maximum atomic E-state index is 12.7. The molecule has 122 valence electrons. The minimum Gasteiger partial charge on any atom is -0.348 e. The molecular weight excluding hydrogens is 320 g/mol. The molecule has 2 aromatic carbocycles. The van der Waals surface area contributed by atoms with E-state index in [0.29, 0.717) is 17.1 Å². The molecule has 4 heteroatoms. The van der Waals surface area contributed by atoms with Gasteiger partial charge < -0.3 is 5.32 Å². The molecule has 0 saturated carbocycles. The number of hydrogen-bond acceptors (Lipinski definition) is 2. The zero-order valence-electron chi connectivity index (χ0n) is 14.0. The summed E-state index contributed by atoms with van der Waals surface area (Å²) in [7, 11) is 0. The number of aromatic nitrogens is 1. The zero-order valence-corrected chi connectivity index (χ0v) is 14.7. The van der Waals surface area contributed by atoms with Crippen LogP contribution in [0.5, 0.6) is 0 Å². The van der Waals surface area contributed by atoms with E-state index in [2.05, 4.69) is 16.4 Å². The quantitative estimate of drug-likeness (QED) is 0.749. The first-order valence-corrected chi connectivity index (χ1v) is 8.23. The van der Waals surface area contributed by atoms with Crippen LogP contribution in [0.4, 0.5) is 0 Å². The number of carbonyl (C=O) groups excluding carboxylic acids is 1. The number of fused-ring (bicyclic) bond motifs is 1. The molecule has 3 aromatic rings. The predicted molar refractivity (Wildman–Crippen MR) is 98.6 cm³/mol. The Morgan fingerprint density at radius 1 is 1.08 bits per heavy atom. The van der Waals surface area contributed by atoms with Gasteiger partial charge in [0.05, 0.1) is 11.1 Å². The number of pyridine rings is 1. The van der Waals surface area contributed by atoms with Gasteiger partial charge in [0.2, 0.25) is 0 Å². The van der Waals surface area contributed by atoms with Crippen molar-refractivity contribution in [2.24, 2.45) is 0 Å². The zero-order chi connectivity index (χ0) is 17.3. The highest BCUT2D eigenvalue weighted by Crippen LogP contribution is 2.23. The van der Waals surface area contributed by atoms with E-state index in [9.17, 15) is 4.79 Å². The van der Waals surface area contributed by atoms with E-state index in [1.807, 2.05) is 57.2 Å². The molecule has 0 atom stereocenters. The van der Waals surface area contributed by atoms with E-state index in [4.69, 9.17) is 11.6 Å². The molecule has 0 aliphatic rings. The lowest BCUT2D eigenvalue weighted by molar-refractivity contribution is 0.0952. The second-order valence-electron chi connectivity index (χ2n) is 6.10. The van der Waals surface area contributed by atoms with Crippen molar-refractivity contribution in [2.45, 2.75) is 27.3 Å². The number of hydrogen-bond donors (Lipinski definition) is 1. The Bertz CT molecular complexity index is 917. The molecule has 1 aromatic heterocycles. The highest BCUT2D eigenvalue weighted by atomic mass is 35.5. The van der Waals surface area contributed by atoms with Crippen LogP contribution < -0.4 is 5.32 Å². The maximum Gasteiger partial charge on any atom is 0.252 e. The van der Waals surface area contributed by atoms with Gasteiger partial charge in [-0.1, -0.05) is 35.4 Å². The first-order valence-electron chi connectivity index (χ1n) is 7.85. The number of nitrogens with one attached hydrogen (secondary N) is 1. The summed E-state index contributed by atoms with van der Waals surface area (Å²) in [4.78, 5) is 17.3. The van der Waals surface area contributed by atoms with Crippen LogP contribution in [0.25, 0.3) is 10.9 Å². The Morgan fingerprint density at radius 3 is 2.50 bits per heavy atom. The van der Waals surface area contributed by atoms with Gasteiger partial charge in [-0.15, -0.1) is 0 Å². The smallest absolute Gasteiger partial charge is 0.252 e. The Labute approximate surface area is 146 Å². The van der Waals surface area contributed by atoms with Crippen molar-refractivity contribution in [1.82, 2.24) is 10.3 Å². The molecule has 24 heavy (non-hydrogen) atoms. The molecule has 0 fully saturated rings. The first-order chi connectivity index (χ1) is 11.4. The molecule has 0 saturated heterocycles. The third-order valence-corrected chi connectivity index (χ3v) is 4.24. The second kappa shape index (κ2) is 6.62. The van der Waals surface area contributed by atoms with Gasteiger partial charge in [0.1, 0.15) is 0 Å². The van der Waals surface area contributed by atoms with Crippen LogP contribution in [0.15, 0.2) is 42.5 Å². The summed E-state index contributed by atoms with van der Waals surface area (Å²) < 4.78 is 0. The number of amides is 1. The average molecular weight is 339 g/mol. The summed E-state index contributed by atoms with van der Waals surface area (Å²) >= 11 is 5.89. The van der Waals surface area contributed by atoms with E-state index in [-0.39, 0.29) is 5.91 Å². The third kappa shape index (κ3) is 3.41. The molecule has 0 bridgehead atoms.